The fraction of sp³-hybridized carbons (Fsp3) is 0.714. The van der Waals surface area contributed by atoms with Gasteiger partial charge in [-0.05, 0) is 45.7 Å². The number of hydrogen-bond donors (Lipinski definition) is 1. The second kappa shape index (κ2) is 6.14. The molecule has 1 aromatic heterocycles. The SMILES string of the molecule is CCc1cc(NCC2CCCN(C)C2)nc(C)n1. The second-order valence-corrected chi connectivity index (χ2v) is 5.30. The molecule has 4 heteroatoms. The van der Waals surface area contributed by atoms with Crippen molar-refractivity contribution in [2.45, 2.75) is 33.1 Å². The first kappa shape index (κ1) is 13.3. The number of piperidine rings is 1. The van der Waals surface area contributed by atoms with Crippen LogP contribution in [0.15, 0.2) is 6.07 Å². The largest absolute Gasteiger partial charge is 0.370 e. The Morgan fingerprint density at radius 2 is 2.28 bits per heavy atom. The van der Waals surface area contributed by atoms with E-state index >= 15 is 0 Å². The van der Waals surface area contributed by atoms with Crippen molar-refractivity contribution in [1.82, 2.24) is 14.9 Å². The molecule has 0 saturated carbocycles. The van der Waals surface area contributed by atoms with Gasteiger partial charge in [0.15, 0.2) is 0 Å². The molecule has 1 aliphatic heterocycles. The predicted octanol–water partition coefficient (Wildman–Crippen LogP) is 2.10. The molecule has 1 aromatic rings. The van der Waals surface area contributed by atoms with E-state index in [4.69, 9.17) is 0 Å². The summed E-state index contributed by atoms with van der Waals surface area (Å²) in [5.74, 6) is 2.58. The van der Waals surface area contributed by atoms with Gasteiger partial charge in [0.1, 0.15) is 11.6 Å². The summed E-state index contributed by atoms with van der Waals surface area (Å²) >= 11 is 0. The van der Waals surface area contributed by atoms with Crippen LogP contribution in [0, 0.1) is 12.8 Å². The molecule has 1 N–H and O–H groups in total. The fourth-order valence-corrected chi connectivity index (χ4v) is 2.59. The van der Waals surface area contributed by atoms with E-state index in [1.807, 2.05) is 6.92 Å². The maximum absolute atomic E-state index is 4.45. The third-order valence-corrected chi connectivity index (χ3v) is 3.55. The zero-order chi connectivity index (χ0) is 13.0. The van der Waals surface area contributed by atoms with Crippen LogP contribution in [0.2, 0.25) is 0 Å². The van der Waals surface area contributed by atoms with Gasteiger partial charge in [0.05, 0.1) is 0 Å². The smallest absolute Gasteiger partial charge is 0.129 e. The Morgan fingerprint density at radius 1 is 1.44 bits per heavy atom. The molecule has 0 aromatic carbocycles. The maximum Gasteiger partial charge on any atom is 0.129 e. The molecule has 1 unspecified atom stereocenters. The number of aromatic nitrogens is 2. The third kappa shape index (κ3) is 3.67. The Balaban J connectivity index is 1.91. The van der Waals surface area contributed by atoms with Gasteiger partial charge in [-0.3, -0.25) is 0 Å². The van der Waals surface area contributed by atoms with Gasteiger partial charge in [0, 0.05) is 24.8 Å². The Kier molecular flexibility index (Phi) is 4.53. The van der Waals surface area contributed by atoms with Crippen LogP contribution in [0.4, 0.5) is 5.82 Å². The van der Waals surface area contributed by atoms with Crippen LogP contribution >= 0.6 is 0 Å². The summed E-state index contributed by atoms with van der Waals surface area (Å²) < 4.78 is 0. The quantitative estimate of drug-likeness (QED) is 0.886. The molecule has 1 fully saturated rings. The number of likely N-dealkylation sites (tertiary alicyclic amines) is 1. The summed E-state index contributed by atoms with van der Waals surface area (Å²) in [6.07, 6.45) is 3.60. The standard InChI is InChI=1S/C14H24N4/c1-4-13-8-14(17-11(2)16-13)15-9-12-6-5-7-18(3)10-12/h8,12H,4-7,9-10H2,1-3H3,(H,15,16,17). The van der Waals surface area contributed by atoms with E-state index < -0.39 is 0 Å². The molecule has 0 spiro atoms. The van der Waals surface area contributed by atoms with E-state index in [0.717, 1.165) is 36.2 Å². The highest BCUT2D eigenvalue weighted by Crippen LogP contribution is 2.16. The van der Waals surface area contributed by atoms with Gasteiger partial charge in [0.25, 0.3) is 0 Å². The lowest BCUT2D eigenvalue weighted by molar-refractivity contribution is 0.217. The average molecular weight is 248 g/mol. The van der Waals surface area contributed by atoms with Crippen molar-refractivity contribution in [2.24, 2.45) is 5.92 Å². The Hall–Kier alpha value is -1.16. The van der Waals surface area contributed by atoms with E-state index in [2.05, 4.69) is 40.2 Å². The van der Waals surface area contributed by atoms with Gasteiger partial charge in [-0.2, -0.15) is 0 Å². The molecule has 2 heterocycles. The highest BCUT2D eigenvalue weighted by molar-refractivity contribution is 5.36. The van der Waals surface area contributed by atoms with Gasteiger partial charge >= 0.3 is 0 Å². The minimum atomic E-state index is 0.740. The zero-order valence-electron chi connectivity index (χ0n) is 11.7. The van der Waals surface area contributed by atoms with Crippen molar-refractivity contribution in [3.8, 4) is 0 Å². The minimum absolute atomic E-state index is 0.740. The summed E-state index contributed by atoms with van der Waals surface area (Å²) in [5, 5.41) is 3.47. The first-order chi connectivity index (χ1) is 8.67. The van der Waals surface area contributed by atoms with Crippen LogP contribution in [0.1, 0.15) is 31.3 Å². The summed E-state index contributed by atoms with van der Waals surface area (Å²) in [6.45, 7) is 7.53. The molecule has 4 nitrogen and oxygen atoms in total. The van der Waals surface area contributed by atoms with E-state index in [1.54, 1.807) is 0 Å². The monoisotopic (exact) mass is 248 g/mol. The summed E-state index contributed by atoms with van der Waals surface area (Å²) in [4.78, 5) is 11.3. The summed E-state index contributed by atoms with van der Waals surface area (Å²) in [6, 6.07) is 2.07. The van der Waals surface area contributed by atoms with E-state index in [9.17, 15) is 0 Å². The molecule has 2 rings (SSSR count). The molecule has 0 aliphatic carbocycles. The first-order valence-corrected chi connectivity index (χ1v) is 6.94. The number of aryl methyl sites for hydroxylation is 2. The molecule has 18 heavy (non-hydrogen) atoms. The molecule has 1 atom stereocenters. The second-order valence-electron chi connectivity index (χ2n) is 5.30. The molecule has 1 aliphatic rings. The van der Waals surface area contributed by atoms with Crippen LogP contribution in [0.3, 0.4) is 0 Å². The minimum Gasteiger partial charge on any atom is -0.370 e. The number of nitrogens with zero attached hydrogens (tertiary/aromatic N) is 3. The van der Waals surface area contributed by atoms with Crippen molar-refractivity contribution in [2.75, 3.05) is 32.0 Å². The van der Waals surface area contributed by atoms with Crippen molar-refractivity contribution >= 4 is 5.82 Å². The Bertz CT molecular complexity index is 391. The van der Waals surface area contributed by atoms with Crippen molar-refractivity contribution in [3.63, 3.8) is 0 Å². The highest BCUT2D eigenvalue weighted by Gasteiger charge is 2.16. The highest BCUT2D eigenvalue weighted by atomic mass is 15.1. The fourth-order valence-electron chi connectivity index (χ4n) is 2.59. The van der Waals surface area contributed by atoms with E-state index in [-0.39, 0.29) is 0 Å². The molecule has 100 valence electrons. The lowest BCUT2D eigenvalue weighted by atomic mass is 9.98. The van der Waals surface area contributed by atoms with Crippen LogP contribution in [-0.2, 0) is 6.42 Å². The topological polar surface area (TPSA) is 41.0 Å². The summed E-state index contributed by atoms with van der Waals surface area (Å²) in [5.41, 5.74) is 1.12. The third-order valence-electron chi connectivity index (χ3n) is 3.55. The van der Waals surface area contributed by atoms with E-state index in [1.165, 1.54) is 25.9 Å². The molecule has 1 saturated heterocycles. The van der Waals surface area contributed by atoms with Crippen LogP contribution in [0.5, 0.6) is 0 Å². The van der Waals surface area contributed by atoms with Crippen LogP contribution in [-0.4, -0.2) is 41.5 Å². The molecule has 0 bridgehead atoms. The number of hydrogen-bond acceptors (Lipinski definition) is 4. The molecule has 0 radical (unpaired) electrons. The lowest BCUT2D eigenvalue weighted by Gasteiger charge is -2.29. The van der Waals surface area contributed by atoms with Crippen LogP contribution in [0.25, 0.3) is 0 Å². The van der Waals surface area contributed by atoms with Crippen molar-refractivity contribution in [1.29, 1.82) is 0 Å². The van der Waals surface area contributed by atoms with Crippen molar-refractivity contribution < 1.29 is 0 Å². The molecular weight excluding hydrogens is 224 g/mol. The molecular formula is C14H24N4. The number of rotatable bonds is 4. The predicted molar refractivity (Wildman–Crippen MR) is 74.9 cm³/mol. The van der Waals surface area contributed by atoms with E-state index in [0.29, 0.717) is 0 Å². The van der Waals surface area contributed by atoms with Gasteiger partial charge in [0.2, 0.25) is 0 Å². The number of anilines is 1. The van der Waals surface area contributed by atoms with Gasteiger partial charge in [-0.25, -0.2) is 9.97 Å². The molecule has 0 amide bonds. The lowest BCUT2D eigenvalue weighted by Crippen LogP contribution is -2.35. The zero-order valence-corrected chi connectivity index (χ0v) is 11.7. The van der Waals surface area contributed by atoms with Gasteiger partial charge in [-0.1, -0.05) is 6.92 Å². The van der Waals surface area contributed by atoms with Crippen molar-refractivity contribution in [3.05, 3.63) is 17.6 Å². The van der Waals surface area contributed by atoms with Crippen LogP contribution < -0.4 is 5.32 Å². The van der Waals surface area contributed by atoms with Gasteiger partial charge in [-0.15, -0.1) is 0 Å². The Labute approximate surface area is 110 Å². The summed E-state index contributed by atoms with van der Waals surface area (Å²) in [7, 11) is 2.20. The number of nitrogens with one attached hydrogen (secondary N) is 1. The normalized spacial score (nSPS) is 20.9. The van der Waals surface area contributed by atoms with Gasteiger partial charge < -0.3 is 10.2 Å². The first-order valence-electron chi connectivity index (χ1n) is 6.94. The maximum atomic E-state index is 4.45. The average Bonchev–Trinajstić information content (AvgIpc) is 2.36. The Morgan fingerprint density at radius 3 is 3.00 bits per heavy atom.